The van der Waals surface area contributed by atoms with Crippen LogP contribution in [0.5, 0.6) is 0 Å². The second kappa shape index (κ2) is 8.50. The van der Waals surface area contributed by atoms with Gasteiger partial charge in [0.05, 0.1) is 19.6 Å². The molecule has 0 unspecified atom stereocenters. The summed E-state index contributed by atoms with van der Waals surface area (Å²) in [5.74, 6) is -0.487. The number of rotatable bonds is 7. The summed E-state index contributed by atoms with van der Waals surface area (Å²) in [5, 5.41) is 5.69. The quantitative estimate of drug-likeness (QED) is 0.727. The fraction of sp³-hybridized carbons (Fsp3) is 0.385. The molecule has 2 N–H and O–H groups in total. The SMILES string of the molecule is COCCNC(=O)CNC(=O)Cc1ccccc1Cl. The highest BCUT2D eigenvalue weighted by atomic mass is 35.5. The summed E-state index contributed by atoms with van der Waals surface area (Å²) in [7, 11) is 1.55. The molecule has 0 radical (unpaired) electrons. The molecule has 0 bridgehead atoms. The number of hydrogen-bond acceptors (Lipinski definition) is 3. The summed E-state index contributed by atoms with van der Waals surface area (Å²) in [4.78, 5) is 23.0. The highest BCUT2D eigenvalue weighted by molar-refractivity contribution is 6.31. The summed E-state index contributed by atoms with van der Waals surface area (Å²) < 4.78 is 4.79. The van der Waals surface area contributed by atoms with E-state index in [9.17, 15) is 9.59 Å². The molecule has 2 amide bonds. The first-order valence-electron chi connectivity index (χ1n) is 5.89. The van der Waals surface area contributed by atoms with Crippen LogP contribution < -0.4 is 10.6 Å². The van der Waals surface area contributed by atoms with E-state index in [0.29, 0.717) is 18.2 Å². The minimum Gasteiger partial charge on any atom is -0.383 e. The van der Waals surface area contributed by atoms with E-state index in [1.165, 1.54) is 0 Å². The van der Waals surface area contributed by atoms with Crippen LogP contribution in [0.2, 0.25) is 5.02 Å². The Labute approximate surface area is 117 Å². The van der Waals surface area contributed by atoms with E-state index in [0.717, 1.165) is 5.56 Å². The van der Waals surface area contributed by atoms with Crippen LogP contribution in [0.3, 0.4) is 0 Å². The molecule has 5 nitrogen and oxygen atoms in total. The summed E-state index contributed by atoms with van der Waals surface area (Å²) in [6.45, 7) is 0.821. The zero-order valence-electron chi connectivity index (χ0n) is 10.7. The summed E-state index contributed by atoms with van der Waals surface area (Å²) >= 11 is 5.94. The first-order valence-corrected chi connectivity index (χ1v) is 6.27. The topological polar surface area (TPSA) is 67.4 Å². The molecule has 1 aromatic rings. The van der Waals surface area contributed by atoms with Gasteiger partial charge in [-0.3, -0.25) is 9.59 Å². The van der Waals surface area contributed by atoms with E-state index in [-0.39, 0.29) is 24.8 Å². The van der Waals surface area contributed by atoms with Crippen LogP contribution in [-0.4, -0.2) is 38.6 Å². The molecule has 1 rings (SSSR count). The van der Waals surface area contributed by atoms with Crippen molar-refractivity contribution < 1.29 is 14.3 Å². The third-order valence-electron chi connectivity index (χ3n) is 2.38. The van der Waals surface area contributed by atoms with Crippen LogP contribution >= 0.6 is 11.6 Å². The van der Waals surface area contributed by atoms with Gasteiger partial charge in [0, 0.05) is 18.7 Å². The maximum atomic E-state index is 11.6. The van der Waals surface area contributed by atoms with E-state index in [1.54, 1.807) is 25.3 Å². The Morgan fingerprint density at radius 3 is 2.63 bits per heavy atom. The molecule has 104 valence electrons. The summed E-state index contributed by atoms with van der Waals surface area (Å²) in [6, 6.07) is 7.11. The van der Waals surface area contributed by atoms with Crippen molar-refractivity contribution in [3.63, 3.8) is 0 Å². The van der Waals surface area contributed by atoms with E-state index in [1.807, 2.05) is 6.07 Å². The molecule has 0 aliphatic carbocycles. The molecule has 0 atom stereocenters. The summed E-state index contributed by atoms with van der Waals surface area (Å²) in [5.41, 5.74) is 0.737. The minimum absolute atomic E-state index is 0.0486. The van der Waals surface area contributed by atoms with Gasteiger partial charge in [-0.15, -0.1) is 0 Å². The predicted molar refractivity (Wildman–Crippen MR) is 73.1 cm³/mol. The van der Waals surface area contributed by atoms with E-state index >= 15 is 0 Å². The summed E-state index contributed by atoms with van der Waals surface area (Å²) in [6.07, 6.45) is 0.158. The standard InChI is InChI=1S/C13H17ClN2O3/c1-19-7-6-15-13(18)9-16-12(17)8-10-4-2-3-5-11(10)14/h2-5H,6-9H2,1H3,(H,15,18)(H,16,17). The first-order chi connectivity index (χ1) is 9.13. The Balaban J connectivity index is 2.28. The van der Waals surface area contributed by atoms with Crippen LogP contribution in [0.25, 0.3) is 0 Å². The lowest BCUT2D eigenvalue weighted by molar-refractivity contribution is -0.125. The van der Waals surface area contributed by atoms with Crippen molar-refractivity contribution in [2.45, 2.75) is 6.42 Å². The lowest BCUT2D eigenvalue weighted by atomic mass is 10.1. The van der Waals surface area contributed by atoms with Crippen molar-refractivity contribution >= 4 is 23.4 Å². The molecule has 19 heavy (non-hydrogen) atoms. The maximum absolute atomic E-state index is 11.6. The predicted octanol–water partition coefficient (Wildman–Crippen LogP) is 0.761. The third kappa shape index (κ3) is 6.22. The zero-order valence-corrected chi connectivity index (χ0v) is 11.5. The Morgan fingerprint density at radius 1 is 1.21 bits per heavy atom. The number of nitrogens with one attached hydrogen (secondary N) is 2. The molecule has 0 aromatic heterocycles. The van der Waals surface area contributed by atoms with Crippen LogP contribution in [0.1, 0.15) is 5.56 Å². The number of amides is 2. The van der Waals surface area contributed by atoms with Gasteiger partial charge in [-0.05, 0) is 11.6 Å². The number of halogens is 1. The average molecular weight is 285 g/mol. The number of carbonyl (C=O) groups is 2. The van der Waals surface area contributed by atoms with Gasteiger partial charge < -0.3 is 15.4 Å². The van der Waals surface area contributed by atoms with Crippen LogP contribution in [-0.2, 0) is 20.7 Å². The molecule has 1 aromatic carbocycles. The lowest BCUT2D eigenvalue weighted by Gasteiger charge is -2.07. The largest absolute Gasteiger partial charge is 0.383 e. The Hall–Kier alpha value is -1.59. The second-order valence-corrected chi connectivity index (χ2v) is 4.29. The average Bonchev–Trinajstić information content (AvgIpc) is 2.39. The normalized spacial score (nSPS) is 10.0. The Bertz CT molecular complexity index is 438. The van der Waals surface area contributed by atoms with Crippen molar-refractivity contribution in [3.8, 4) is 0 Å². The zero-order chi connectivity index (χ0) is 14.1. The van der Waals surface area contributed by atoms with Crippen molar-refractivity contribution in [1.82, 2.24) is 10.6 Å². The van der Waals surface area contributed by atoms with Crippen molar-refractivity contribution in [1.29, 1.82) is 0 Å². The fourth-order valence-electron chi connectivity index (χ4n) is 1.41. The molecule has 0 heterocycles. The Kier molecular flexibility index (Phi) is 6.92. The van der Waals surface area contributed by atoms with Gasteiger partial charge in [0.2, 0.25) is 11.8 Å². The van der Waals surface area contributed by atoms with E-state index < -0.39 is 0 Å². The Morgan fingerprint density at radius 2 is 1.95 bits per heavy atom. The van der Waals surface area contributed by atoms with Gasteiger partial charge >= 0.3 is 0 Å². The monoisotopic (exact) mass is 284 g/mol. The van der Waals surface area contributed by atoms with Gasteiger partial charge in [0.1, 0.15) is 0 Å². The van der Waals surface area contributed by atoms with Gasteiger partial charge in [0.25, 0.3) is 0 Å². The number of carbonyl (C=O) groups excluding carboxylic acids is 2. The molecular weight excluding hydrogens is 268 g/mol. The molecule has 0 saturated carbocycles. The van der Waals surface area contributed by atoms with Crippen LogP contribution in [0.4, 0.5) is 0 Å². The van der Waals surface area contributed by atoms with Crippen molar-refractivity contribution in [2.75, 3.05) is 26.8 Å². The minimum atomic E-state index is -0.246. The highest BCUT2D eigenvalue weighted by Gasteiger charge is 2.08. The van der Waals surface area contributed by atoms with Gasteiger partial charge in [-0.1, -0.05) is 29.8 Å². The molecular formula is C13H17ClN2O3. The fourth-order valence-corrected chi connectivity index (χ4v) is 1.61. The van der Waals surface area contributed by atoms with Gasteiger partial charge in [-0.25, -0.2) is 0 Å². The molecule has 0 saturated heterocycles. The van der Waals surface area contributed by atoms with Gasteiger partial charge in [0.15, 0.2) is 0 Å². The smallest absolute Gasteiger partial charge is 0.239 e. The lowest BCUT2D eigenvalue weighted by Crippen LogP contribution is -2.38. The van der Waals surface area contributed by atoms with Gasteiger partial charge in [-0.2, -0.15) is 0 Å². The van der Waals surface area contributed by atoms with E-state index in [4.69, 9.17) is 16.3 Å². The van der Waals surface area contributed by atoms with Crippen molar-refractivity contribution in [2.24, 2.45) is 0 Å². The third-order valence-corrected chi connectivity index (χ3v) is 2.75. The molecule has 0 spiro atoms. The molecule has 0 aliphatic heterocycles. The highest BCUT2D eigenvalue weighted by Crippen LogP contribution is 2.14. The molecule has 6 heteroatoms. The number of methoxy groups -OCH3 is 1. The molecule has 0 fully saturated rings. The molecule has 0 aliphatic rings. The van der Waals surface area contributed by atoms with E-state index in [2.05, 4.69) is 10.6 Å². The van der Waals surface area contributed by atoms with Crippen LogP contribution in [0.15, 0.2) is 24.3 Å². The van der Waals surface area contributed by atoms with Crippen molar-refractivity contribution in [3.05, 3.63) is 34.9 Å². The first kappa shape index (κ1) is 15.5. The number of benzene rings is 1. The maximum Gasteiger partial charge on any atom is 0.239 e. The second-order valence-electron chi connectivity index (χ2n) is 3.89. The van der Waals surface area contributed by atoms with Crippen LogP contribution in [0, 0.1) is 0 Å². The number of ether oxygens (including phenoxy) is 1. The number of hydrogen-bond donors (Lipinski definition) is 2.